The van der Waals surface area contributed by atoms with Gasteiger partial charge in [0.15, 0.2) is 0 Å². The lowest BCUT2D eigenvalue weighted by Gasteiger charge is -2.19. The molecular formula is C27H22ClN3O2S. The SMILES string of the molecule is Cc1ccc(N2C(=O)[C@H](Cc3ccccc3C)S/C2=C(/C#N)C(=O)Nc2ccc(Cl)cc2)cc1. The Morgan fingerprint density at radius 3 is 2.38 bits per heavy atom. The summed E-state index contributed by atoms with van der Waals surface area (Å²) in [4.78, 5) is 28.2. The van der Waals surface area contributed by atoms with Crippen molar-refractivity contribution >= 4 is 46.6 Å². The molecule has 1 aliphatic heterocycles. The maximum absolute atomic E-state index is 13.6. The Morgan fingerprint density at radius 2 is 1.74 bits per heavy atom. The fourth-order valence-electron chi connectivity index (χ4n) is 3.68. The first kappa shape index (κ1) is 23.6. The molecule has 1 fully saturated rings. The Bertz CT molecular complexity index is 1310. The third kappa shape index (κ3) is 5.01. The van der Waals surface area contributed by atoms with Crippen LogP contribution in [0.1, 0.15) is 16.7 Å². The van der Waals surface area contributed by atoms with E-state index in [1.807, 2.05) is 68.4 Å². The van der Waals surface area contributed by atoms with Gasteiger partial charge in [0.25, 0.3) is 5.91 Å². The topological polar surface area (TPSA) is 73.2 Å². The van der Waals surface area contributed by atoms with Crippen LogP contribution in [0.25, 0.3) is 0 Å². The Morgan fingerprint density at radius 1 is 1.06 bits per heavy atom. The minimum Gasteiger partial charge on any atom is -0.321 e. The number of nitrogens with one attached hydrogen (secondary N) is 1. The highest BCUT2D eigenvalue weighted by Gasteiger charge is 2.41. The minimum absolute atomic E-state index is 0.110. The third-order valence-corrected chi connectivity index (χ3v) is 7.08. The van der Waals surface area contributed by atoms with Crippen LogP contribution >= 0.6 is 23.4 Å². The number of rotatable bonds is 5. The second-order valence-corrected chi connectivity index (χ2v) is 9.63. The van der Waals surface area contributed by atoms with Crippen LogP contribution in [0.3, 0.4) is 0 Å². The molecule has 2 amide bonds. The number of benzene rings is 3. The molecule has 4 rings (SSSR count). The molecule has 1 aliphatic rings. The van der Waals surface area contributed by atoms with E-state index >= 15 is 0 Å². The summed E-state index contributed by atoms with van der Waals surface area (Å²) in [5.41, 5.74) is 4.22. The molecule has 3 aromatic rings. The van der Waals surface area contributed by atoms with E-state index in [1.54, 1.807) is 24.3 Å². The summed E-state index contributed by atoms with van der Waals surface area (Å²) in [5.74, 6) is -0.729. The van der Waals surface area contributed by atoms with Crippen LogP contribution in [-0.4, -0.2) is 17.1 Å². The average Bonchev–Trinajstić information content (AvgIpc) is 3.13. The van der Waals surface area contributed by atoms with Gasteiger partial charge in [-0.05, 0) is 67.8 Å². The Kier molecular flexibility index (Phi) is 7.06. The van der Waals surface area contributed by atoms with Gasteiger partial charge < -0.3 is 5.32 Å². The smallest absolute Gasteiger partial charge is 0.269 e. The number of carbonyl (C=O) groups is 2. The van der Waals surface area contributed by atoms with Gasteiger partial charge in [-0.2, -0.15) is 5.26 Å². The van der Waals surface area contributed by atoms with Gasteiger partial charge in [0, 0.05) is 16.4 Å². The number of nitriles is 1. The second kappa shape index (κ2) is 10.2. The average molecular weight is 488 g/mol. The van der Waals surface area contributed by atoms with Gasteiger partial charge in [-0.1, -0.05) is 65.3 Å². The van der Waals surface area contributed by atoms with Crippen LogP contribution in [0.5, 0.6) is 0 Å². The lowest BCUT2D eigenvalue weighted by molar-refractivity contribution is -0.117. The fraction of sp³-hybridized carbons (Fsp3) is 0.148. The van der Waals surface area contributed by atoms with Crippen molar-refractivity contribution in [3.05, 3.63) is 105 Å². The molecule has 1 heterocycles. The van der Waals surface area contributed by atoms with Crippen molar-refractivity contribution in [1.82, 2.24) is 0 Å². The molecule has 3 aromatic carbocycles. The molecular weight excluding hydrogens is 466 g/mol. The number of amides is 2. The van der Waals surface area contributed by atoms with Crippen LogP contribution in [0, 0.1) is 25.2 Å². The highest BCUT2D eigenvalue weighted by Crippen LogP contribution is 2.42. The van der Waals surface area contributed by atoms with E-state index in [0.717, 1.165) is 16.7 Å². The summed E-state index contributed by atoms with van der Waals surface area (Å²) in [5, 5.41) is 13.1. The van der Waals surface area contributed by atoms with E-state index in [1.165, 1.54) is 16.7 Å². The number of hydrogen-bond donors (Lipinski definition) is 1. The van der Waals surface area contributed by atoms with Gasteiger partial charge in [-0.25, -0.2) is 0 Å². The van der Waals surface area contributed by atoms with Crippen molar-refractivity contribution in [1.29, 1.82) is 5.26 Å². The van der Waals surface area contributed by atoms with E-state index in [4.69, 9.17) is 11.6 Å². The highest BCUT2D eigenvalue weighted by atomic mass is 35.5. The molecule has 0 unspecified atom stereocenters. The first-order valence-electron chi connectivity index (χ1n) is 10.7. The summed E-state index contributed by atoms with van der Waals surface area (Å²) in [6, 6.07) is 24.0. The normalized spacial score (nSPS) is 16.8. The Labute approximate surface area is 208 Å². The first-order chi connectivity index (χ1) is 16.4. The molecule has 1 N–H and O–H groups in total. The largest absolute Gasteiger partial charge is 0.321 e. The maximum atomic E-state index is 13.6. The van der Waals surface area contributed by atoms with Gasteiger partial charge in [0.05, 0.1) is 5.25 Å². The van der Waals surface area contributed by atoms with E-state index < -0.39 is 11.2 Å². The van der Waals surface area contributed by atoms with Gasteiger partial charge in [-0.15, -0.1) is 0 Å². The van der Waals surface area contributed by atoms with E-state index in [9.17, 15) is 14.9 Å². The molecule has 170 valence electrons. The predicted molar refractivity (Wildman–Crippen MR) is 138 cm³/mol. The lowest BCUT2D eigenvalue weighted by atomic mass is 10.0. The number of carbonyl (C=O) groups excluding carboxylic acids is 2. The van der Waals surface area contributed by atoms with Crippen molar-refractivity contribution in [2.75, 3.05) is 10.2 Å². The van der Waals surface area contributed by atoms with E-state index in [0.29, 0.717) is 27.8 Å². The summed E-state index contributed by atoms with van der Waals surface area (Å²) in [6.45, 7) is 3.97. The zero-order chi connectivity index (χ0) is 24.2. The van der Waals surface area contributed by atoms with E-state index in [2.05, 4.69) is 5.32 Å². The lowest BCUT2D eigenvalue weighted by Crippen LogP contribution is -2.31. The van der Waals surface area contributed by atoms with Crippen molar-refractivity contribution < 1.29 is 9.59 Å². The molecule has 34 heavy (non-hydrogen) atoms. The number of nitrogens with zero attached hydrogens (tertiary/aromatic N) is 2. The summed E-state index contributed by atoms with van der Waals surface area (Å²) in [7, 11) is 0. The van der Waals surface area contributed by atoms with Gasteiger partial charge >= 0.3 is 0 Å². The molecule has 7 heteroatoms. The third-order valence-electron chi connectivity index (χ3n) is 5.57. The maximum Gasteiger partial charge on any atom is 0.269 e. The van der Waals surface area contributed by atoms with Crippen LogP contribution in [-0.2, 0) is 16.0 Å². The monoisotopic (exact) mass is 487 g/mol. The van der Waals surface area contributed by atoms with Crippen molar-refractivity contribution in [2.45, 2.75) is 25.5 Å². The molecule has 0 saturated carbocycles. The van der Waals surface area contributed by atoms with Crippen molar-refractivity contribution in [2.24, 2.45) is 0 Å². The number of aryl methyl sites for hydroxylation is 2. The van der Waals surface area contributed by atoms with Crippen LogP contribution in [0.2, 0.25) is 5.02 Å². The van der Waals surface area contributed by atoms with Crippen LogP contribution in [0.15, 0.2) is 83.4 Å². The summed E-state index contributed by atoms with van der Waals surface area (Å²) < 4.78 is 0. The molecule has 0 aromatic heterocycles. The molecule has 1 saturated heterocycles. The fourth-order valence-corrected chi connectivity index (χ4v) is 5.10. The molecule has 5 nitrogen and oxygen atoms in total. The molecule has 0 bridgehead atoms. The number of halogens is 1. The quantitative estimate of drug-likeness (QED) is 0.352. The standard InChI is InChI=1S/C27H22ClN3O2S/c1-17-7-13-22(14-8-17)31-26(33)24(15-19-6-4-3-5-18(19)2)34-27(31)23(16-29)25(32)30-21-11-9-20(28)10-12-21/h3-14,24H,15H2,1-2H3,(H,30,32)/b27-23-/t24-/m0/s1. The Hall–Kier alpha value is -3.53. The predicted octanol–water partition coefficient (Wildman–Crippen LogP) is 6.02. The molecule has 0 aliphatic carbocycles. The summed E-state index contributed by atoms with van der Waals surface area (Å²) >= 11 is 7.18. The number of thioether (sulfide) groups is 1. The zero-order valence-corrected chi connectivity index (χ0v) is 20.3. The van der Waals surface area contributed by atoms with Crippen LogP contribution in [0.4, 0.5) is 11.4 Å². The molecule has 1 atom stereocenters. The number of anilines is 2. The Balaban J connectivity index is 1.73. The minimum atomic E-state index is -0.575. The number of hydrogen-bond acceptors (Lipinski definition) is 4. The van der Waals surface area contributed by atoms with Crippen LogP contribution < -0.4 is 10.2 Å². The first-order valence-corrected chi connectivity index (χ1v) is 12.0. The van der Waals surface area contributed by atoms with E-state index in [-0.39, 0.29) is 11.5 Å². The van der Waals surface area contributed by atoms with Gasteiger partial charge in [0.2, 0.25) is 5.91 Å². The molecule has 0 spiro atoms. The second-order valence-electron chi connectivity index (χ2n) is 8.00. The summed E-state index contributed by atoms with van der Waals surface area (Å²) in [6.07, 6.45) is 0.500. The van der Waals surface area contributed by atoms with Crippen molar-refractivity contribution in [3.8, 4) is 6.07 Å². The molecule has 0 radical (unpaired) electrons. The van der Waals surface area contributed by atoms with Gasteiger partial charge in [-0.3, -0.25) is 14.5 Å². The highest BCUT2D eigenvalue weighted by molar-refractivity contribution is 8.05. The zero-order valence-electron chi connectivity index (χ0n) is 18.7. The van der Waals surface area contributed by atoms with Crippen molar-refractivity contribution in [3.63, 3.8) is 0 Å². The van der Waals surface area contributed by atoms with Gasteiger partial charge in [0.1, 0.15) is 16.7 Å².